The van der Waals surface area contributed by atoms with E-state index in [9.17, 15) is 4.79 Å². The average molecular weight is 341 g/mol. The van der Waals surface area contributed by atoms with Gasteiger partial charge < -0.3 is 14.6 Å². The molecule has 2 N–H and O–H groups in total. The summed E-state index contributed by atoms with van der Waals surface area (Å²) in [6.45, 7) is 4.15. The Morgan fingerprint density at radius 1 is 1.32 bits per heavy atom. The number of carbonyl (C=O) groups excluding carboxylic acids is 1. The van der Waals surface area contributed by atoms with Crippen LogP contribution < -0.4 is 10.1 Å². The maximum absolute atomic E-state index is 12.1. The van der Waals surface area contributed by atoms with Crippen LogP contribution in [0.1, 0.15) is 41.8 Å². The molecule has 3 rings (SSSR count). The molecule has 0 spiro atoms. The molecule has 1 amide bonds. The number of nitrogens with one attached hydrogen (secondary N) is 2. The molecule has 3 aromatic rings. The van der Waals surface area contributed by atoms with Crippen LogP contribution >= 0.6 is 0 Å². The van der Waals surface area contributed by atoms with Gasteiger partial charge in [0.1, 0.15) is 17.3 Å². The van der Waals surface area contributed by atoms with Gasteiger partial charge in [-0.25, -0.2) is 4.98 Å². The molecular formula is C17H19N5O3. The molecule has 1 aromatic carbocycles. The number of H-pyrrole nitrogens is 1. The van der Waals surface area contributed by atoms with Crippen LogP contribution in [0.2, 0.25) is 0 Å². The number of amides is 1. The monoisotopic (exact) mass is 341 g/mol. The third-order valence-electron chi connectivity index (χ3n) is 3.63. The largest absolute Gasteiger partial charge is 0.497 e. The van der Waals surface area contributed by atoms with E-state index in [1.165, 1.54) is 0 Å². The molecule has 0 aliphatic carbocycles. The first kappa shape index (κ1) is 16.7. The number of carbonyl (C=O) groups is 1. The topological polar surface area (TPSA) is 106 Å². The molecule has 0 saturated carbocycles. The maximum atomic E-state index is 12.1. The first-order valence-electron chi connectivity index (χ1n) is 7.87. The molecule has 2 heterocycles. The molecule has 0 radical (unpaired) electrons. The van der Waals surface area contributed by atoms with E-state index >= 15 is 0 Å². The van der Waals surface area contributed by atoms with Gasteiger partial charge in [0.2, 0.25) is 0 Å². The second-order valence-corrected chi connectivity index (χ2v) is 5.79. The Hall–Kier alpha value is -3.16. The Morgan fingerprint density at radius 3 is 2.72 bits per heavy atom. The standard InChI is InChI=1S/C17H19N5O3/c1-10(2)14-8-13(22-25-14)17(23)18-9-15-19-16(21-20-15)11-4-6-12(24-3)7-5-11/h4-8,10H,9H2,1-3H3,(H,18,23)(H,19,20,21). The zero-order valence-corrected chi connectivity index (χ0v) is 14.2. The first-order valence-corrected chi connectivity index (χ1v) is 7.87. The lowest BCUT2D eigenvalue weighted by Gasteiger charge is -2.00. The van der Waals surface area contributed by atoms with Crippen molar-refractivity contribution in [2.45, 2.75) is 26.3 Å². The minimum absolute atomic E-state index is 0.176. The van der Waals surface area contributed by atoms with Gasteiger partial charge in [0, 0.05) is 17.5 Å². The summed E-state index contributed by atoms with van der Waals surface area (Å²) in [5.74, 6) is 2.39. The van der Waals surface area contributed by atoms with Gasteiger partial charge in [0.05, 0.1) is 13.7 Å². The van der Waals surface area contributed by atoms with Crippen molar-refractivity contribution in [3.63, 3.8) is 0 Å². The number of hydrogen-bond acceptors (Lipinski definition) is 6. The van der Waals surface area contributed by atoms with Gasteiger partial charge in [-0.1, -0.05) is 19.0 Å². The molecule has 0 unspecified atom stereocenters. The highest BCUT2D eigenvalue weighted by Crippen LogP contribution is 2.19. The van der Waals surface area contributed by atoms with Crippen molar-refractivity contribution in [2.24, 2.45) is 0 Å². The normalized spacial score (nSPS) is 10.9. The van der Waals surface area contributed by atoms with Crippen LogP contribution in [0.4, 0.5) is 0 Å². The van der Waals surface area contributed by atoms with Crippen molar-refractivity contribution < 1.29 is 14.1 Å². The van der Waals surface area contributed by atoms with Crippen molar-refractivity contribution in [1.82, 2.24) is 25.7 Å². The van der Waals surface area contributed by atoms with Crippen molar-refractivity contribution in [3.05, 3.63) is 47.6 Å². The Bertz CT molecular complexity index is 851. The SMILES string of the molecule is COc1ccc(-c2n[nH]c(CNC(=O)c3cc(C(C)C)on3)n2)cc1. The number of aromatic nitrogens is 4. The Labute approximate surface area is 144 Å². The highest BCUT2D eigenvalue weighted by molar-refractivity contribution is 5.92. The average Bonchev–Trinajstić information content (AvgIpc) is 3.29. The molecule has 130 valence electrons. The Balaban J connectivity index is 1.61. The summed E-state index contributed by atoms with van der Waals surface area (Å²) in [5, 5.41) is 13.5. The lowest BCUT2D eigenvalue weighted by atomic mass is 10.1. The van der Waals surface area contributed by atoms with E-state index in [0.717, 1.165) is 11.3 Å². The van der Waals surface area contributed by atoms with Crippen LogP contribution in [0.25, 0.3) is 11.4 Å². The van der Waals surface area contributed by atoms with Gasteiger partial charge in [-0.05, 0) is 24.3 Å². The van der Waals surface area contributed by atoms with Crippen LogP contribution in [-0.2, 0) is 6.54 Å². The van der Waals surface area contributed by atoms with Crippen molar-refractivity contribution in [2.75, 3.05) is 7.11 Å². The van der Waals surface area contributed by atoms with Crippen molar-refractivity contribution in [1.29, 1.82) is 0 Å². The summed E-state index contributed by atoms with van der Waals surface area (Å²) in [6.07, 6.45) is 0. The molecule has 0 fully saturated rings. The van der Waals surface area contributed by atoms with E-state index in [-0.39, 0.29) is 24.1 Å². The third kappa shape index (κ3) is 3.85. The molecule has 0 aliphatic rings. The van der Waals surface area contributed by atoms with Crippen LogP contribution in [0, 0.1) is 0 Å². The molecule has 0 bridgehead atoms. The molecule has 8 nitrogen and oxygen atoms in total. The summed E-state index contributed by atoms with van der Waals surface area (Å²) in [6, 6.07) is 9.05. The van der Waals surface area contributed by atoms with Gasteiger partial charge >= 0.3 is 0 Å². The molecule has 8 heteroatoms. The van der Waals surface area contributed by atoms with E-state index in [4.69, 9.17) is 9.26 Å². The highest BCUT2D eigenvalue weighted by Gasteiger charge is 2.15. The van der Waals surface area contributed by atoms with Crippen LogP contribution in [0.5, 0.6) is 5.75 Å². The van der Waals surface area contributed by atoms with Crippen LogP contribution in [0.15, 0.2) is 34.9 Å². The zero-order valence-electron chi connectivity index (χ0n) is 14.2. The van der Waals surface area contributed by atoms with Gasteiger partial charge in [-0.3, -0.25) is 9.89 Å². The Morgan fingerprint density at radius 2 is 2.08 bits per heavy atom. The second kappa shape index (κ2) is 7.16. The van der Waals surface area contributed by atoms with Crippen LogP contribution in [-0.4, -0.2) is 33.4 Å². The highest BCUT2D eigenvalue weighted by atomic mass is 16.5. The van der Waals surface area contributed by atoms with Gasteiger partial charge in [-0.15, -0.1) is 0 Å². The number of ether oxygens (including phenoxy) is 1. The summed E-state index contributed by atoms with van der Waals surface area (Å²) in [4.78, 5) is 16.5. The second-order valence-electron chi connectivity index (χ2n) is 5.79. The van der Waals surface area contributed by atoms with Crippen molar-refractivity contribution >= 4 is 5.91 Å². The fourth-order valence-corrected chi connectivity index (χ4v) is 2.17. The van der Waals surface area contributed by atoms with Gasteiger partial charge in [0.15, 0.2) is 11.5 Å². The fourth-order valence-electron chi connectivity index (χ4n) is 2.17. The molecule has 0 atom stereocenters. The maximum Gasteiger partial charge on any atom is 0.273 e. The summed E-state index contributed by atoms with van der Waals surface area (Å²) in [5.41, 5.74) is 1.10. The van der Waals surface area contributed by atoms with Crippen molar-refractivity contribution in [3.8, 4) is 17.1 Å². The van der Waals surface area contributed by atoms with E-state index in [0.29, 0.717) is 17.4 Å². The molecular weight excluding hydrogens is 322 g/mol. The lowest BCUT2D eigenvalue weighted by Crippen LogP contribution is -2.23. The quantitative estimate of drug-likeness (QED) is 0.713. The molecule has 2 aromatic heterocycles. The minimum atomic E-state index is -0.321. The number of methoxy groups -OCH3 is 1. The van der Waals surface area contributed by atoms with E-state index < -0.39 is 0 Å². The van der Waals surface area contributed by atoms with Crippen LogP contribution in [0.3, 0.4) is 0 Å². The van der Waals surface area contributed by atoms with E-state index in [1.54, 1.807) is 13.2 Å². The number of hydrogen-bond donors (Lipinski definition) is 2. The van der Waals surface area contributed by atoms with E-state index in [2.05, 4.69) is 25.7 Å². The Kier molecular flexibility index (Phi) is 4.78. The number of nitrogens with zero attached hydrogens (tertiary/aromatic N) is 3. The number of rotatable bonds is 6. The molecule has 25 heavy (non-hydrogen) atoms. The predicted octanol–water partition coefficient (Wildman–Crippen LogP) is 2.52. The van der Waals surface area contributed by atoms with E-state index in [1.807, 2.05) is 38.1 Å². The first-order chi connectivity index (χ1) is 12.1. The summed E-state index contributed by atoms with van der Waals surface area (Å²) < 4.78 is 10.2. The summed E-state index contributed by atoms with van der Waals surface area (Å²) >= 11 is 0. The smallest absolute Gasteiger partial charge is 0.273 e. The molecule has 0 aliphatic heterocycles. The third-order valence-corrected chi connectivity index (χ3v) is 3.63. The van der Waals surface area contributed by atoms with Gasteiger partial charge in [0.25, 0.3) is 5.91 Å². The number of aromatic amines is 1. The zero-order chi connectivity index (χ0) is 17.8. The number of benzene rings is 1. The fraction of sp³-hybridized carbons (Fsp3) is 0.294. The lowest BCUT2D eigenvalue weighted by molar-refractivity contribution is 0.0940. The van der Waals surface area contributed by atoms with Gasteiger partial charge in [-0.2, -0.15) is 5.10 Å². The summed E-state index contributed by atoms with van der Waals surface area (Å²) in [7, 11) is 1.61. The minimum Gasteiger partial charge on any atom is -0.497 e. The molecule has 0 saturated heterocycles. The predicted molar refractivity (Wildman–Crippen MR) is 90.1 cm³/mol.